The van der Waals surface area contributed by atoms with Gasteiger partial charge >= 0.3 is 0 Å². The molecule has 1 atom stereocenters. The van der Waals surface area contributed by atoms with Crippen LogP contribution in [-0.4, -0.2) is 45.8 Å². The zero-order valence-corrected chi connectivity index (χ0v) is 9.06. The first-order valence-corrected chi connectivity index (χ1v) is 5.51. The quantitative estimate of drug-likeness (QED) is 0.793. The molecule has 5 heteroatoms. The molecule has 1 aromatic heterocycles. The van der Waals surface area contributed by atoms with Crippen LogP contribution in [0.3, 0.4) is 0 Å². The van der Waals surface area contributed by atoms with E-state index in [1.165, 1.54) is 19.4 Å². The van der Waals surface area contributed by atoms with Crippen molar-refractivity contribution in [3.8, 4) is 0 Å². The molecule has 0 aromatic carbocycles. The zero-order valence-electron chi connectivity index (χ0n) is 9.06. The van der Waals surface area contributed by atoms with Crippen LogP contribution < -0.4 is 5.32 Å². The highest BCUT2D eigenvalue weighted by molar-refractivity contribution is 5.22. The molecule has 0 saturated carbocycles. The average molecular weight is 207 g/mol. The highest BCUT2D eigenvalue weighted by Crippen LogP contribution is 2.12. The molecular formula is C10H17N5. The molecule has 2 rings (SSSR count). The summed E-state index contributed by atoms with van der Waals surface area (Å²) in [4.78, 5) is 6.56. The van der Waals surface area contributed by atoms with Gasteiger partial charge in [0.2, 0.25) is 5.95 Å². The van der Waals surface area contributed by atoms with Crippen molar-refractivity contribution in [1.29, 1.82) is 0 Å². The van der Waals surface area contributed by atoms with E-state index in [4.69, 9.17) is 0 Å². The maximum atomic E-state index is 4.12. The summed E-state index contributed by atoms with van der Waals surface area (Å²) < 4.78 is 0. The molecule has 2 heterocycles. The fraction of sp³-hybridized carbons (Fsp3) is 0.700. The summed E-state index contributed by atoms with van der Waals surface area (Å²) in [6.45, 7) is 5.60. The highest BCUT2D eigenvalue weighted by Gasteiger charge is 2.18. The van der Waals surface area contributed by atoms with Crippen LogP contribution in [0.15, 0.2) is 12.4 Å². The van der Waals surface area contributed by atoms with Gasteiger partial charge in [-0.25, -0.2) is 4.98 Å². The predicted octanol–water partition coefficient (Wildman–Crippen LogP) is 0.768. The van der Waals surface area contributed by atoms with Gasteiger partial charge in [0, 0.05) is 12.6 Å². The maximum absolute atomic E-state index is 4.12. The molecule has 15 heavy (non-hydrogen) atoms. The average Bonchev–Trinajstić information content (AvgIpc) is 2.31. The van der Waals surface area contributed by atoms with Crippen LogP contribution in [0.2, 0.25) is 0 Å². The first-order chi connectivity index (χ1) is 7.38. The van der Waals surface area contributed by atoms with Crippen LogP contribution in [0.5, 0.6) is 0 Å². The summed E-state index contributed by atoms with van der Waals surface area (Å²) in [6, 6.07) is 0.461. The molecule has 0 bridgehead atoms. The van der Waals surface area contributed by atoms with Gasteiger partial charge in [-0.05, 0) is 25.9 Å². The van der Waals surface area contributed by atoms with E-state index >= 15 is 0 Å². The smallest absolute Gasteiger partial charge is 0.242 e. The number of hydrogen-bond acceptors (Lipinski definition) is 5. The second-order valence-corrected chi connectivity index (χ2v) is 3.84. The van der Waals surface area contributed by atoms with E-state index in [0.29, 0.717) is 12.0 Å². The number of nitrogens with one attached hydrogen (secondary N) is 1. The van der Waals surface area contributed by atoms with Crippen molar-refractivity contribution in [3.05, 3.63) is 12.4 Å². The van der Waals surface area contributed by atoms with Gasteiger partial charge in [0.05, 0.1) is 12.4 Å². The van der Waals surface area contributed by atoms with Gasteiger partial charge in [0.25, 0.3) is 0 Å². The number of anilines is 1. The van der Waals surface area contributed by atoms with E-state index in [0.717, 1.165) is 13.1 Å². The first kappa shape index (κ1) is 10.3. The Bertz CT molecular complexity index is 289. The van der Waals surface area contributed by atoms with Crippen LogP contribution in [0.25, 0.3) is 0 Å². The van der Waals surface area contributed by atoms with Gasteiger partial charge in [-0.1, -0.05) is 6.92 Å². The Morgan fingerprint density at radius 1 is 1.53 bits per heavy atom. The van der Waals surface area contributed by atoms with Crippen LogP contribution in [0, 0.1) is 0 Å². The number of hydrogen-bond donors (Lipinski definition) is 1. The predicted molar refractivity (Wildman–Crippen MR) is 58.6 cm³/mol. The van der Waals surface area contributed by atoms with Gasteiger partial charge in [-0.15, -0.1) is 5.10 Å². The lowest BCUT2D eigenvalue weighted by Gasteiger charge is -2.32. The van der Waals surface area contributed by atoms with Crippen LogP contribution in [-0.2, 0) is 0 Å². The summed E-state index contributed by atoms with van der Waals surface area (Å²) in [6.07, 6.45) is 5.68. The van der Waals surface area contributed by atoms with Crippen LogP contribution in [0.1, 0.15) is 19.8 Å². The zero-order chi connectivity index (χ0) is 10.5. The molecule has 1 aliphatic heterocycles. The van der Waals surface area contributed by atoms with Crippen molar-refractivity contribution in [3.63, 3.8) is 0 Å². The Kier molecular flexibility index (Phi) is 3.45. The number of likely N-dealkylation sites (tertiary alicyclic amines) is 1. The van der Waals surface area contributed by atoms with Gasteiger partial charge in [-0.3, -0.25) is 0 Å². The van der Waals surface area contributed by atoms with E-state index in [2.05, 4.69) is 32.3 Å². The van der Waals surface area contributed by atoms with Crippen molar-refractivity contribution in [1.82, 2.24) is 20.1 Å². The number of rotatable bonds is 3. The highest BCUT2D eigenvalue weighted by atomic mass is 15.3. The SMILES string of the molecule is CCN1CCCC(Nc2nccnn2)C1. The second kappa shape index (κ2) is 5.02. The molecule has 0 aliphatic carbocycles. The summed E-state index contributed by atoms with van der Waals surface area (Å²) in [7, 11) is 0. The lowest BCUT2D eigenvalue weighted by molar-refractivity contribution is 0.226. The molecule has 0 radical (unpaired) electrons. The minimum Gasteiger partial charge on any atom is -0.349 e. The Morgan fingerprint density at radius 3 is 3.20 bits per heavy atom. The Hall–Kier alpha value is -1.23. The van der Waals surface area contributed by atoms with E-state index < -0.39 is 0 Å². The Labute approximate surface area is 89.9 Å². The van der Waals surface area contributed by atoms with E-state index in [1.54, 1.807) is 12.4 Å². The van der Waals surface area contributed by atoms with E-state index in [-0.39, 0.29) is 0 Å². The van der Waals surface area contributed by atoms with Crippen molar-refractivity contribution in [2.75, 3.05) is 25.0 Å². The van der Waals surface area contributed by atoms with Gasteiger partial charge in [-0.2, -0.15) is 5.10 Å². The van der Waals surface area contributed by atoms with Gasteiger partial charge in [0.15, 0.2) is 0 Å². The third-order valence-corrected chi connectivity index (χ3v) is 2.77. The lowest BCUT2D eigenvalue weighted by atomic mass is 10.1. The van der Waals surface area contributed by atoms with E-state index in [1.807, 2.05) is 0 Å². The summed E-state index contributed by atoms with van der Waals surface area (Å²) in [5.74, 6) is 0.639. The maximum Gasteiger partial charge on any atom is 0.242 e. The molecule has 5 nitrogen and oxygen atoms in total. The number of piperidine rings is 1. The molecule has 1 saturated heterocycles. The van der Waals surface area contributed by atoms with E-state index in [9.17, 15) is 0 Å². The van der Waals surface area contributed by atoms with Crippen molar-refractivity contribution >= 4 is 5.95 Å². The third-order valence-electron chi connectivity index (χ3n) is 2.77. The number of likely N-dealkylation sites (N-methyl/N-ethyl adjacent to an activating group) is 1. The van der Waals surface area contributed by atoms with Crippen molar-refractivity contribution < 1.29 is 0 Å². The fourth-order valence-electron chi connectivity index (χ4n) is 1.96. The number of nitrogens with zero attached hydrogens (tertiary/aromatic N) is 4. The van der Waals surface area contributed by atoms with Crippen LogP contribution in [0.4, 0.5) is 5.95 Å². The van der Waals surface area contributed by atoms with Crippen LogP contribution >= 0.6 is 0 Å². The monoisotopic (exact) mass is 207 g/mol. The van der Waals surface area contributed by atoms with Gasteiger partial charge in [0.1, 0.15) is 0 Å². The molecule has 1 fully saturated rings. The van der Waals surface area contributed by atoms with Gasteiger partial charge < -0.3 is 10.2 Å². The Morgan fingerprint density at radius 2 is 2.47 bits per heavy atom. The topological polar surface area (TPSA) is 53.9 Å². The molecule has 1 aliphatic rings. The normalized spacial score (nSPS) is 22.6. The number of aromatic nitrogens is 3. The minimum absolute atomic E-state index is 0.461. The van der Waals surface area contributed by atoms with Crippen molar-refractivity contribution in [2.45, 2.75) is 25.8 Å². The molecule has 82 valence electrons. The molecule has 1 aromatic rings. The third kappa shape index (κ3) is 2.86. The second-order valence-electron chi connectivity index (χ2n) is 3.84. The summed E-state index contributed by atoms with van der Waals surface area (Å²) >= 11 is 0. The fourth-order valence-corrected chi connectivity index (χ4v) is 1.96. The molecular weight excluding hydrogens is 190 g/mol. The minimum atomic E-state index is 0.461. The summed E-state index contributed by atoms with van der Waals surface area (Å²) in [5.41, 5.74) is 0. The first-order valence-electron chi connectivity index (χ1n) is 5.51. The molecule has 1 unspecified atom stereocenters. The molecule has 1 N–H and O–H groups in total. The summed E-state index contributed by atoms with van der Waals surface area (Å²) in [5, 5.41) is 11.1. The standard InChI is InChI=1S/C10H17N5/c1-2-15-7-3-4-9(8-15)13-10-11-5-6-12-14-10/h5-6,9H,2-4,7-8H2,1H3,(H,11,13,14). The lowest BCUT2D eigenvalue weighted by Crippen LogP contribution is -2.42. The largest absolute Gasteiger partial charge is 0.349 e. The molecule has 0 amide bonds. The Balaban J connectivity index is 1.89. The molecule has 0 spiro atoms. The van der Waals surface area contributed by atoms with Crippen molar-refractivity contribution in [2.24, 2.45) is 0 Å².